The molecule has 1 rings (SSSR count). The van der Waals surface area contributed by atoms with Crippen LogP contribution in [0.5, 0.6) is 5.75 Å². The number of rotatable bonds is 8. The molecule has 0 bridgehead atoms. The van der Waals surface area contributed by atoms with Crippen LogP contribution in [0.3, 0.4) is 0 Å². The topological polar surface area (TPSA) is 165 Å². The number of benzene rings is 1. The molecule has 148 valence electrons. The summed E-state index contributed by atoms with van der Waals surface area (Å²) < 4.78 is 33.3. The highest BCUT2D eigenvalue weighted by Gasteiger charge is 2.43. The third-order valence-corrected chi connectivity index (χ3v) is 3.46. The Kier molecular flexibility index (Phi) is 7.02. The van der Waals surface area contributed by atoms with Gasteiger partial charge in [0.05, 0.1) is 26.4 Å². The van der Waals surface area contributed by atoms with Crippen LogP contribution in [0.25, 0.3) is 0 Å². The molecule has 1 aromatic rings. The minimum atomic E-state index is -2.69. The van der Waals surface area contributed by atoms with Gasteiger partial charge in [-0.2, -0.15) is 4.39 Å². The maximum absolute atomic E-state index is 12.8. The number of nitro groups is 3. The summed E-state index contributed by atoms with van der Waals surface area (Å²) in [5.74, 6) is -1.63. The predicted octanol–water partition coefficient (Wildman–Crippen LogP) is 3.71. The molecule has 0 aliphatic heterocycles. The minimum Gasteiger partial charge on any atom is -0.396 e. The number of alkyl halides is 2. The Morgan fingerprint density at radius 2 is 1.70 bits per heavy atom. The summed E-state index contributed by atoms with van der Waals surface area (Å²) in [6.45, 7) is 1.23. The van der Waals surface area contributed by atoms with Gasteiger partial charge in [0.1, 0.15) is 0 Å². The van der Waals surface area contributed by atoms with Crippen molar-refractivity contribution in [3.05, 3.63) is 42.0 Å². The van der Waals surface area contributed by atoms with Gasteiger partial charge in [-0.1, -0.05) is 13.8 Å². The van der Waals surface area contributed by atoms with Crippen molar-refractivity contribution < 1.29 is 37.8 Å². The van der Waals surface area contributed by atoms with Gasteiger partial charge in [0.2, 0.25) is 0 Å². The van der Waals surface area contributed by atoms with Gasteiger partial charge in [-0.3, -0.25) is 30.3 Å². The molecule has 0 fully saturated rings. The zero-order chi connectivity index (χ0) is 20.9. The van der Waals surface area contributed by atoms with E-state index in [1.54, 1.807) is 6.92 Å². The van der Waals surface area contributed by atoms with Crippen LogP contribution in [-0.4, -0.2) is 34.0 Å². The van der Waals surface area contributed by atoms with E-state index in [1.165, 1.54) is 6.92 Å². The summed E-state index contributed by atoms with van der Waals surface area (Å²) in [5.41, 5.74) is -4.45. The van der Waals surface area contributed by atoms with Gasteiger partial charge in [0, 0.05) is 0 Å². The van der Waals surface area contributed by atoms with Crippen LogP contribution < -0.4 is 4.74 Å². The standard InChI is InChI=1S/C13H13F2N3O9/c1-3-6(2)10-8(26-13(19)27-9(15)5-14)4-7(16(20)21)11(17(22)23)12(10)18(24)25/h4,6,9H,3,5H2,1-2H3. The van der Waals surface area contributed by atoms with Crippen molar-refractivity contribution >= 4 is 23.2 Å². The van der Waals surface area contributed by atoms with Crippen LogP contribution >= 0.6 is 0 Å². The number of ether oxygens (including phenoxy) is 2. The minimum absolute atomic E-state index is 0.164. The highest BCUT2D eigenvalue weighted by Crippen LogP contribution is 2.47. The van der Waals surface area contributed by atoms with Crippen molar-refractivity contribution in [3.8, 4) is 5.75 Å². The first kappa shape index (κ1) is 21.6. The lowest BCUT2D eigenvalue weighted by atomic mass is 9.94. The maximum Gasteiger partial charge on any atom is 0.516 e. The Labute approximate surface area is 149 Å². The number of hydrogen-bond acceptors (Lipinski definition) is 9. The number of nitrogens with zero attached hydrogens (tertiary/aromatic N) is 3. The summed E-state index contributed by atoms with van der Waals surface area (Å²) in [6.07, 6.45) is -4.35. The van der Waals surface area contributed by atoms with Gasteiger partial charge in [-0.05, 0) is 12.3 Å². The van der Waals surface area contributed by atoms with E-state index in [2.05, 4.69) is 9.47 Å². The molecule has 0 aromatic heterocycles. The fourth-order valence-electron chi connectivity index (χ4n) is 2.15. The SMILES string of the molecule is CCC(C)c1c(OC(=O)OC(F)CF)cc([N+](=O)[O-])c([N+](=O)[O-])c1[N+](=O)[O-]. The molecule has 0 heterocycles. The summed E-state index contributed by atoms with van der Waals surface area (Å²) in [6, 6.07) is 0.427. The fraction of sp³-hybridized carbons (Fsp3) is 0.462. The van der Waals surface area contributed by atoms with Crippen molar-refractivity contribution in [2.45, 2.75) is 32.5 Å². The molecule has 2 unspecified atom stereocenters. The van der Waals surface area contributed by atoms with Crippen molar-refractivity contribution in [1.29, 1.82) is 0 Å². The molecule has 0 aliphatic rings. The molecule has 0 radical (unpaired) electrons. The Bertz CT molecular complexity index is 787. The summed E-state index contributed by atoms with van der Waals surface area (Å²) in [7, 11) is 0. The molecule has 0 amide bonds. The van der Waals surface area contributed by atoms with E-state index in [-0.39, 0.29) is 6.42 Å². The van der Waals surface area contributed by atoms with E-state index in [4.69, 9.17) is 0 Å². The van der Waals surface area contributed by atoms with Crippen LogP contribution in [0, 0.1) is 30.3 Å². The van der Waals surface area contributed by atoms with E-state index in [1.807, 2.05) is 0 Å². The monoisotopic (exact) mass is 393 g/mol. The number of hydrogen-bond donors (Lipinski definition) is 0. The lowest BCUT2D eigenvalue weighted by molar-refractivity contribution is -0.441. The van der Waals surface area contributed by atoms with Gasteiger partial charge in [-0.15, -0.1) is 0 Å². The number of halogens is 2. The van der Waals surface area contributed by atoms with E-state index in [0.29, 0.717) is 6.07 Å². The molecule has 0 spiro atoms. The van der Waals surface area contributed by atoms with Crippen molar-refractivity contribution in [2.75, 3.05) is 6.67 Å². The molecule has 0 aliphatic carbocycles. The number of carbonyl (C=O) groups excluding carboxylic acids is 1. The van der Waals surface area contributed by atoms with Crippen LogP contribution in [0.15, 0.2) is 6.07 Å². The number of carbonyl (C=O) groups is 1. The van der Waals surface area contributed by atoms with Crippen LogP contribution in [-0.2, 0) is 4.74 Å². The van der Waals surface area contributed by atoms with Crippen molar-refractivity contribution in [3.63, 3.8) is 0 Å². The first-order valence-electron chi connectivity index (χ1n) is 7.27. The normalized spacial score (nSPS) is 12.7. The maximum atomic E-state index is 12.8. The quantitative estimate of drug-likeness (QED) is 0.277. The first-order chi connectivity index (χ1) is 12.5. The summed E-state index contributed by atoms with van der Waals surface area (Å²) >= 11 is 0. The van der Waals surface area contributed by atoms with E-state index < -0.39 is 68.3 Å². The second-order valence-corrected chi connectivity index (χ2v) is 5.12. The zero-order valence-electron chi connectivity index (χ0n) is 13.9. The van der Waals surface area contributed by atoms with Gasteiger partial charge in [-0.25, -0.2) is 9.18 Å². The van der Waals surface area contributed by atoms with Crippen molar-refractivity contribution in [2.24, 2.45) is 0 Å². The van der Waals surface area contributed by atoms with Gasteiger partial charge in [0.25, 0.3) is 6.36 Å². The lowest BCUT2D eigenvalue weighted by Gasteiger charge is -2.15. The Hall–Kier alpha value is -3.45. The Morgan fingerprint density at radius 1 is 1.15 bits per heavy atom. The van der Waals surface area contributed by atoms with Crippen LogP contribution in [0.4, 0.5) is 30.6 Å². The average molecular weight is 393 g/mol. The Balaban J connectivity index is 3.74. The lowest BCUT2D eigenvalue weighted by Crippen LogP contribution is -2.20. The molecule has 14 heteroatoms. The van der Waals surface area contributed by atoms with Gasteiger partial charge in [0.15, 0.2) is 12.4 Å². The smallest absolute Gasteiger partial charge is 0.396 e. The molecule has 0 saturated carbocycles. The second kappa shape index (κ2) is 8.77. The van der Waals surface area contributed by atoms with Crippen LogP contribution in [0.2, 0.25) is 0 Å². The Morgan fingerprint density at radius 3 is 2.11 bits per heavy atom. The molecule has 27 heavy (non-hydrogen) atoms. The van der Waals surface area contributed by atoms with E-state index in [9.17, 15) is 43.9 Å². The van der Waals surface area contributed by atoms with E-state index in [0.717, 1.165) is 0 Å². The second-order valence-electron chi connectivity index (χ2n) is 5.12. The van der Waals surface area contributed by atoms with E-state index >= 15 is 0 Å². The van der Waals surface area contributed by atoms with Crippen molar-refractivity contribution in [1.82, 2.24) is 0 Å². The molecule has 12 nitrogen and oxygen atoms in total. The third-order valence-electron chi connectivity index (χ3n) is 3.46. The molecular weight excluding hydrogens is 380 g/mol. The molecule has 2 atom stereocenters. The van der Waals surface area contributed by atoms with Gasteiger partial charge < -0.3 is 9.47 Å². The third kappa shape index (κ3) is 4.80. The molecule has 1 aromatic carbocycles. The highest BCUT2D eigenvalue weighted by atomic mass is 19.2. The predicted molar refractivity (Wildman–Crippen MR) is 83.1 cm³/mol. The molecule has 0 saturated heterocycles. The fourth-order valence-corrected chi connectivity index (χ4v) is 2.15. The average Bonchev–Trinajstić information content (AvgIpc) is 2.58. The van der Waals surface area contributed by atoms with Crippen LogP contribution in [0.1, 0.15) is 31.7 Å². The molecular formula is C13H13F2N3O9. The highest BCUT2D eigenvalue weighted by molar-refractivity contribution is 5.76. The zero-order valence-corrected chi connectivity index (χ0v) is 13.9. The van der Waals surface area contributed by atoms with Gasteiger partial charge >= 0.3 is 23.2 Å². The summed E-state index contributed by atoms with van der Waals surface area (Å²) in [4.78, 5) is 41.4. The summed E-state index contributed by atoms with van der Waals surface area (Å²) in [5, 5.41) is 33.7. The number of nitro benzene ring substituents is 3. The molecule has 0 N–H and O–H groups in total. The first-order valence-corrected chi connectivity index (χ1v) is 7.27. The largest absolute Gasteiger partial charge is 0.516 e.